The number of nitriles is 1. The molecule has 0 bridgehead atoms. The zero-order valence-corrected chi connectivity index (χ0v) is 15.8. The number of anilines is 1. The van der Waals surface area contributed by atoms with E-state index in [9.17, 15) is 19.5 Å². The van der Waals surface area contributed by atoms with Gasteiger partial charge in [0.15, 0.2) is 0 Å². The van der Waals surface area contributed by atoms with E-state index < -0.39 is 23.2 Å². The van der Waals surface area contributed by atoms with Crippen LogP contribution in [0.4, 0.5) is 5.00 Å². The van der Waals surface area contributed by atoms with Gasteiger partial charge in [-0.05, 0) is 18.4 Å². The zero-order valence-electron chi connectivity index (χ0n) is 13.0. The first-order chi connectivity index (χ1) is 11.0. The fourth-order valence-electron chi connectivity index (χ4n) is 1.49. The van der Waals surface area contributed by atoms with Crippen LogP contribution in [0, 0.1) is 11.3 Å². The molecule has 24 heavy (non-hydrogen) atoms. The first-order valence-corrected chi connectivity index (χ1v) is 7.12. The normalized spacial score (nSPS) is 11.4. The van der Waals surface area contributed by atoms with E-state index in [4.69, 9.17) is 15.7 Å². The average Bonchev–Trinajstić information content (AvgIpc) is 2.95. The maximum Gasteiger partial charge on any atom is 1.00 e. The molecule has 0 saturated carbocycles. The van der Waals surface area contributed by atoms with E-state index in [1.165, 1.54) is 12.1 Å². The molecule has 1 aromatic rings. The van der Waals surface area contributed by atoms with Gasteiger partial charge in [0.25, 0.3) is 5.91 Å². The Kier molecular flexibility index (Phi) is 9.68. The van der Waals surface area contributed by atoms with Crippen LogP contribution in [0.1, 0.15) is 17.3 Å². The Hall–Kier alpha value is -2.12. The number of primary amides is 1. The molecule has 0 aliphatic heterocycles. The van der Waals surface area contributed by atoms with Crippen LogP contribution < -0.4 is 45.7 Å². The summed E-state index contributed by atoms with van der Waals surface area (Å²) in [5.41, 5.74) is 3.90. The maximum absolute atomic E-state index is 12.1. The molecule has 0 fully saturated rings. The number of rotatable bonds is 7. The van der Waals surface area contributed by atoms with Crippen LogP contribution >= 0.6 is 11.3 Å². The number of nitrogens with zero attached hydrogens (tertiary/aromatic N) is 1. The molecule has 0 aliphatic rings. The third-order valence-corrected chi connectivity index (χ3v) is 3.30. The van der Waals surface area contributed by atoms with Crippen molar-refractivity contribution >= 4 is 34.5 Å². The van der Waals surface area contributed by atoms with Crippen molar-refractivity contribution in [1.82, 2.24) is 0 Å². The topological polar surface area (TPSA) is 145 Å². The van der Waals surface area contributed by atoms with Gasteiger partial charge in [-0.1, -0.05) is 5.76 Å². The van der Waals surface area contributed by atoms with Crippen LogP contribution in [0.5, 0.6) is 0 Å². The number of esters is 1. The van der Waals surface area contributed by atoms with Crippen LogP contribution in [0.15, 0.2) is 34.6 Å². The van der Waals surface area contributed by atoms with Gasteiger partial charge in [0.05, 0.1) is 12.2 Å². The molecule has 3 N–H and O–H groups in total. The van der Waals surface area contributed by atoms with Gasteiger partial charge in [0, 0.05) is 11.8 Å². The van der Waals surface area contributed by atoms with Gasteiger partial charge in [-0.15, -0.1) is 11.3 Å². The van der Waals surface area contributed by atoms with Crippen molar-refractivity contribution in [1.29, 1.82) is 5.26 Å². The van der Waals surface area contributed by atoms with Gasteiger partial charge in [-0.25, -0.2) is 4.79 Å². The summed E-state index contributed by atoms with van der Waals surface area (Å²) in [6.45, 7) is 1.80. The first kappa shape index (κ1) is 21.9. The second-order valence-corrected chi connectivity index (χ2v) is 4.82. The molecule has 0 aliphatic carbocycles. The first-order valence-electron chi connectivity index (χ1n) is 6.24. The zero-order chi connectivity index (χ0) is 17.4. The molecule has 1 heterocycles. The Morgan fingerprint density at radius 1 is 1.54 bits per heavy atom. The summed E-state index contributed by atoms with van der Waals surface area (Å²) in [5, 5.41) is 25.2. The number of hydrogen-bond donors (Lipinski definition) is 2. The summed E-state index contributed by atoms with van der Waals surface area (Å²) in [6.07, 6.45) is 1.13. The number of thiophene rings is 1. The number of nitrogens with one attached hydrogen (secondary N) is 1. The Bertz CT molecular complexity index is 733. The molecule has 0 aromatic carbocycles. The molecule has 1 amide bonds. The SMILES string of the molecule is CCOC(=O)c1ccsc1NC(=CC=O)C([O-])=C(C#N)C(N)=O.[Na+]. The molecule has 120 valence electrons. The standard InChI is InChI=1S/C14H13N3O5S.Na/c1-2-22-14(21)8-4-6-23-13(8)17-10(3-5-18)11(19)9(7-15)12(16)20;/h3-6,17,19H,2H2,1H3,(H2,16,20);/q;+1/p-1. The molecular weight excluding hydrogens is 345 g/mol. The number of hydrogen-bond acceptors (Lipinski definition) is 8. The molecule has 0 spiro atoms. The average molecular weight is 357 g/mol. The number of ether oxygens (including phenoxy) is 1. The van der Waals surface area contributed by atoms with E-state index in [0.29, 0.717) is 6.29 Å². The number of amides is 1. The van der Waals surface area contributed by atoms with E-state index >= 15 is 0 Å². The smallest absolute Gasteiger partial charge is 0.870 e. The predicted molar refractivity (Wildman–Crippen MR) is 79.9 cm³/mol. The van der Waals surface area contributed by atoms with Crippen molar-refractivity contribution in [2.75, 3.05) is 11.9 Å². The van der Waals surface area contributed by atoms with Crippen LogP contribution in [0.2, 0.25) is 0 Å². The molecule has 0 unspecified atom stereocenters. The molecular formula is C14H12N3NaO5S. The monoisotopic (exact) mass is 357 g/mol. The third kappa shape index (κ3) is 5.50. The van der Waals surface area contributed by atoms with Gasteiger partial charge >= 0.3 is 35.5 Å². The van der Waals surface area contributed by atoms with Gasteiger partial charge in [0.2, 0.25) is 0 Å². The van der Waals surface area contributed by atoms with Crippen molar-refractivity contribution in [3.05, 3.63) is 40.1 Å². The Morgan fingerprint density at radius 2 is 2.21 bits per heavy atom. The van der Waals surface area contributed by atoms with E-state index in [-0.39, 0.29) is 52.4 Å². The Morgan fingerprint density at radius 3 is 2.71 bits per heavy atom. The number of aldehydes is 1. The molecule has 1 aromatic heterocycles. The van der Waals surface area contributed by atoms with Crippen LogP contribution in [-0.4, -0.2) is 24.8 Å². The molecule has 10 heteroatoms. The summed E-state index contributed by atoms with van der Waals surface area (Å²) < 4.78 is 4.86. The van der Waals surface area contributed by atoms with Crippen molar-refractivity contribution in [3.8, 4) is 6.07 Å². The van der Waals surface area contributed by atoms with Gasteiger partial charge in [-0.2, -0.15) is 5.26 Å². The van der Waals surface area contributed by atoms with Crippen LogP contribution in [0.25, 0.3) is 0 Å². The van der Waals surface area contributed by atoms with Crippen molar-refractivity contribution in [2.24, 2.45) is 5.73 Å². The van der Waals surface area contributed by atoms with E-state index in [1.807, 2.05) is 0 Å². The summed E-state index contributed by atoms with van der Waals surface area (Å²) >= 11 is 1.07. The number of allylic oxidation sites excluding steroid dienone is 1. The minimum Gasteiger partial charge on any atom is -0.870 e. The van der Waals surface area contributed by atoms with E-state index in [1.54, 1.807) is 12.3 Å². The summed E-state index contributed by atoms with van der Waals surface area (Å²) in [5.74, 6) is -2.88. The van der Waals surface area contributed by atoms with Crippen molar-refractivity contribution in [2.45, 2.75) is 6.92 Å². The fraction of sp³-hybridized carbons (Fsp3) is 0.143. The Balaban J connectivity index is 0.00000529. The van der Waals surface area contributed by atoms with E-state index in [0.717, 1.165) is 17.4 Å². The quantitative estimate of drug-likeness (QED) is 0.101. The predicted octanol–water partition coefficient (Wildman–Crippen LogP) is -2.95. The number of carbonyl (C=O) groups is 3. The van der Waals surface area contributed by atoms with Crippen molar-refractivity contribution in [3.63, 3.8) is 0 Å². The second kappa shape index (κ2) is 10.6. The molecule has 8 nitrogen and oxygen atoms in total. The van der Waals surface area contributed by atoms with Crippen molar-refractivity contribution < 1.29 is 53.8 Å². The third-order valence-electron chi connectivity index (χ3n) is 2.47. The van der Waals surface area contributed by atoms with Crippen LogP contribution in [-0.2, 0) is 14.3 Å². The largest absolute Gasteiger partial charge is 1.00 e. The molecule has 0 saturated heterocycles. The van der Waals surface area contributed by atoms with Gasteiger partial charge in [-0.3, -0.25) is 9.59 Å². The summed E-state index contributed by atoms with van der Waals surface area (Å²) in [4.78, 5) is 33.5. The minimum atomic E-state index is -1.21. The van der Waals surface area contributed by atoms with Crippen LogP contribution in [0.3, 0.4) is 0 Å². The minimum absolute atomic E-state index is 0. The molecule has 0 atom stereocenters. The Labute approximate surface area is 163 Å². The second-order valence-electron chi connectivity index (χ2n) is 3.91. The fourth-order valence-corrected chi connectivity index (χ4v) is 2.28. The number of nitrogens with two attached hydrogens (primary N) is 1. The maximum atomic E-state index is 12.1. The summed E-state index contributed by atoms with van der Waals surface area (Å²) in [7, 11) is 0. The van der Waals surface area contributed by atoms with E-state index in [2.05, 4.69) is 5.32 Å². The molecule has 0 radical (unpaired) electrons. The summed E-state index contributed by atoms with van der Waals surface area (Å²) in [6, 6.07) is 2.85. The number of carbonyl (C=O) groups excluding carboxylic acids is 3. The molecule has 1 rings (SSSR count). The van der Waals surface area contributed by atoms with Gasteiger partial charge < -0.3 is 20.9 Å². The van der Waals surface area contributed by atoms with Gasteiger partial charge in [0.1, 0.15) is 22.9 Å².